The highest BCUT2D eigenvalue weighted by atomic mass is 35.5. The van der Waals surface area contributed by atoms with Gasteiger partial charge in [-0.15, -0.1) is 0 Å². The van der Waals surface area contributed by atoms with Crippen LogP contribution < -0.4 is 0 Å². The molecule has 94 valence electrons. The largest absolute Gasteiger partial charge is 0.465 e. The van der Waals surface area contributed by atoms with Gasteiger partial charge in [-0.1, -0.05) is 23.7 Å². The standard InChI is InChI=1S/C14H8ClNO3/c15-11-6-2-1-5-10(11)13-16-12(14(17)19-13)8-9-4-3-7-18-9/h1-8H/b12-8-. The SMILES string of the molecule is O=C1OC(c2ccccc2Cl)=N/C1=C\c1ccco1. The molecule has 0 bridgehead atoms. The Bertz CT molecular complexity index is 686. The minimum Gasteiger partial charge on any atom is -0.465 e. The molecular weight excluding hydrogens is 266 g/mol. The molecule has 19 heavy (non-hydrogen) atoms. The van der Waals surface area contributed by atoms with Crippen LogP contribution in [0, 0.1) is 0 Å². The molecule has 0 fully saturated rings. The lowest BCUT2D eigenvalue weighted by Gasteiger charge is -2.00. The fraction of sp³-hybridized carbons (Fsp3) is 0. The van der Waals surface area contributed by atoms with Crippen LogP contribution in [0.4, 0.5) is 0 Å². The molecular formula is C14H8ClNO3. The molecule has 0 atom stereocenters. The van der Waals surface area contributed by atoms with Crippen LogP contribution in [0.25, 0.3) is 6.08 Å². The van der Waals surface area contributed by atoms with Crippen LogP contribution in [-0.2, 0) is 9.53 Å². The van der Waals surface area contributed by atoms with E-state index in [1.54, 1.807) is 36.4 Å². The summed E-state index contributed by atoms with van der Waals surface area (Å²) in [6.07, 6.45) is 3.04. The number of carbonyl (C=O) groups excluding carboxylic acids is 1. The van der Waals surface area contributed by atoms with Crippen molar-refractivity contribution in [1.29, 1.82) is 0 Å². The summed E-state index contributed by atoms with van der Waals surface area (Å²) in [5.41, 5.74) is 0.769. The van der Waals surface area contributed by atoms with Crippen molar-refractivity contribution in [2.45, 2.75) is 0 Å². The van der Waals surface area contributed by atoms with E-state index in [2.05, 4.69) is 4.99 Å². The number of halogens is 1. The lowest BCUT2D eigenvalue weighted by Crippen LogP contribution is -2.05. The zero-order valence-corrected chi connectivity index (χ0v) is 10.4. The van der Waals surface area contributed by atoms with Gasteiger partial charge in [0.1, 0.15) is 5.76 Å². The van der Waals surface area contributed by atoms with E-state index in [0.29, 0.717) is 16.3 Å². The third kappa shape index (κ3) is 2.30. The van der Waals surface area contributed by atoms with Gasteiger partial charge in [0, 0.05) is 6.08 Å². The van der Waals surface area contributed by atoms with Gasteiger partial charge in [0.25, 0.3) is 0 Å². The topological polar surface area (TPSA) is 51.8 Å². The number of ether oxygens (including phenoxy) is 1. The number of cyclic esters (lactones) is 1. The number of benzene rings is 1. The van der Waals surface area contributed by atoms with Gasteiger partial charge >= 0.3 is 5.97 Å². The van der Waals surface area contributed by atoms with Gasteiger partial charge in [0.2, 0.25) is 5.90 Å². The van der Waals surface area contributed by atoms with Gasteiger partial charge in [0.05, 0.1) is 16.8 Å². The highest BCUT2D eigenvalue weighted by molar-refractivity contribution is 6.34. The molecule has 1 aliphatic heterocycles. The molecule has 1 aromatic heterocycles. The molecule has 0 radical (unpaired) electrons. The quantitative estimate of drug-likeness (QED) is 0.623. The van der Waals surface area contributed by atoms with Crippen LogP contribution in [-0.4, -0.2) is 11.9 Å². The summed E-state index contributed by atoms with van der Waals surface area (Å²) < 4.78 is 10.2. The van der Waals surface area contributed by atoms with Crippen LogP contribution in [0.3, 0.4) is 0 Å². The average molecular weight is 274 g/mol. The molecule has 3 rings (SSSR count). The number of hydrogen-bond acceptors (Lipinski definition) is 4. The van der Waals surface area contributed by atoms with Crippen molar-refractivity contribution in [3.05, 3.63) is 64.7 Å². The van der Waals surface area contributed by atoms with E-state index in [9.17, 15) is 4.79 Å². The van der Waals surface area contributed by atoms with E-state index in [1.165, 1.54) is 12.3 Å². The Morgan fingerprint density at radius 2 is 2.00 bits per heavy atom. The van der Waals surface area contributed by atoms with Crippen molar-refractivity contribution < 1.29 is 13.9 Å². The molecule has 1 aliphatic rings. The first-order valence-electron chi connectivity index (χ1n) is 5.55. The van der Waals surface area contributed by atoms with Crippen molar-refractivity contribution in [3.63, 3.8) is 0 Å². The molecule has 0 aliphatic carbocycles. The summed E-state index contributed by atoms with van der Waals surface area (Å²) in [5, 5.41) is 0.480. The van der Waals surface area contributed by atoms with Crippen LogP contribution >= 0.6 is 11.6 Å². The van der Waals surface area contributed by atoms with E-state index in [-0.39, 0.29) is 11.6 Å². The molecule has 0 saturated carbocycles. The number of carbonyl (C=O) groups is 1. The summed E-state index contributed by atoms with van der Waals surface area (Å²) in [6.45, 7) is 0. The second-order valence-electron chi connectivity index (χ2n) is 3.83. The fourth-order valence-electron chi connectivity index (χ4n) is 1.67. The highest BCUT2D eigenvalue weighted by Gasteiger charge is 2.25. The third-order valence-electron chi connectivity index (χ3n) is 2.55. The van der Waals surface area contributed by atoms with Crippen molar-refractivity contribution in [1.82, 2.24) is 0 Å². The Hall–Kier alpha value is -2.33. The zero-order valence-electron chi connectivity index (χ0n) is 9.67. The Labute approximate surface area is 114 Å². The minimum absolute atomic E-state index is 0.185. The first-order valence-corrected chi connectivity index (χ1v) is 5.93. The number of esters is 1. The van der Waals surface area contributed by atoms with Crippen LogP contribution in [0.1, 0.15) is 11.3 Å². The molecule has 0 amide bonds. The van der Waals surface area contributed by atoms with E-state index < -0.39 is 5.97 Å². The van der Waals surface area contributed by atoms with Crippen LogP contribution in [0.15, 0.2) is 57.8 Å². The Morgan fingerprint density at radius 1 is 1.16 bits per heavy atom. The number of hydrogen-bond donors (Lipinski definition) is 0. The van der Waals surface area contributed by atoms with Crippen LogP contribution in [0.5, 0.6) is 0 Å². The van der Waals surface area contributed by atoms with Gasteiger partial charge in [-0.3, -0.25) is 0 Å². The molecule has 1 aromatic carbocycles. The molecule has 2 aromatic rings. The lowest BCUT2D eigenvalue weighted by molar-refractivity contribution is -0.129. The van der Waals surface area contributed by atoms with E-state index in [0.717, 1.165) is 0 Å². The molecule has 2 heterocycles. The average Bonchev–Trinajstić information content (AvgIpc) is 3.02. The maximum absolute atomic E-state index is 11.7. The summed E-state index contributed by atoms with van der Waals surface area (Å²) in [6, 6.07) is 10.5. The number of furan rings is 1. The van der Waals surface area contributed by atoms with Crippen molar-refractivity contribution >= 4 is 29.5 Å². The van der Waals surface area contributed by atoms with Gasteiger partial charge in [-0.05, 0) is 24.3 Å². The molecule has 0 N–H and O–H groups in total. The Kier molecular flexibility index (Phi) is 2.93. The maximum atomic E-state index is 11.7. The van der Waals surface area contributed by atoms with Gasteiger partial charge in [-0.2, -0.15) is 0 Å². The van der Waals surface area contributed by atoms with Crippen LogP contribution in [0.2, 0.25) is 5.02 Å². The number of aliphatic imine (C=N–C) groups is 1. The summed E-state index contributed by atoms with van der Waals surface area (Å²) in [5.74, 6) is 0.218. The third-order valence-corrected chi connectivity index (χ3v) is 2.88. The fourth-order valence-corrected chi connectivity index (χ4v) is 1.88. The molecule has 0 saturated heterocycles. The van der Waals surface area contributed by atoms with Crippen molar-refractivity contribution in [2.75, 3.05) is 0 Å². The highest BCUT2D eigenvalue weighted by Crippen LogP contribution is 2.23. The predicted octanol–water partition coefficient (Wildman–Crippen LogP) is 3.28. The first kappa shape index (κ1) is 11.7. The van der Waals surface area contributed by atoms with E-state index >= 15 is 0 Å². The minimum atomic E-state index is -0.522. The summed E-state index contributed by atoms with van der Waals surface area (Å²) in [4.78, 5) is 15.8. The smallest absolute Gasteiger partial charge is 0.363 e. The monoisotopic (exact) mass is 273 g/mol. The Balaban J connectivity index is 1.98. The summed E-state index contributed by atoms with van der Waals surface area (Å²) >= 11 is 6.03. The summed E-state index contributed by atoms with van der Waals surface area (Å²) in [7, 11) is 0. The van der Waals surface area contributed by atoms with E-state index in [4.69, 9.17) is 20.8 Å². The Morgan fingerprint density at radius 3 is 2.74 bits per heavy atom. The van der Waals surface area contributed by atoms with Gasteiger partial charge in [0.15, 0.2) is 5.70 Å². The lowest BCUT2D eigenvalue weighted by atomic mass is 10.2. The maximum Gasteiger partial charge on any atom is 0.363 e. The molecule has 0 unspecified atom stereocenters. The van der Waals surface area contributed by atoms with Gasteiger partial charge in [-0.25, -0.2) is 9.79 Å². The number of nitrogens with zero attached hydrogens (tertiary/aromatic N) is 1. The first-order chi connectivity index (χ1) is 9.24. The number of rotatable bonds is 2. The van der Waals surface area contributed by atoms with E-state index in [1.807, 2.05) is 0 Å². The second kappa shape index (κ2) is 4.74. The molecule has 0 spiro atoms. The zero-order chi connectivity index (χ0) is 13.2. The van der Waals surface area contributed by atoms with Crippen molar-refractivity contribution in [2.24, 2.45) is 4.99 Å². The van der Waals surface area contributed by atoms with Crippen molar-refractivity contribution in [3.8, 4) is 0 Å². The van der Waals surface area contributed by atoms with Gasteiger partial charge < -0.3 is 9.15 Å². The second-order valence-corrected chi connectivity index (χ2v) is 4.24. The molecule has 5 heteroatoms. The predicted molar refractivity (Wildman–Crippen MR) is 70.8 cm³/mol. The normalized spacial score (nSPS) is 16.6. The molecule has 4 nitrogen and oxygen atoms in total.